The van der Waals surface area contributed by atoms with E-state index in [1.54, 1.807) is 17.4 Å². The molecule has 2 aromatic heterocycles. The van der Waals surface area contributed by atoms with Crippen molar-refractivity contribution in [1.29, 1.82) is 0 Å². The van der Waals surface area contributed by atoms with Crippen molar-refractivity contribution >= 4 is 5.91 Å². The molecule has 31 heavy (non-hydrogen) atoms. The van der Waals surface area contributed by atoms with Gasteiger partial charge in [0.2, 0.25) is 0 Å². The SMILES string of the molecule is Cc1ccc(-n2nccn2)c(C(=O)N2CCCN2Cc2cc(-c3ccccc3)no2)c1. The first-order valence-corrected chi connectivity index (χ1v) is 10.2. The van der Waals surface area contributed by atoms with Gasteiger partial charge in [0.25, 0.3) is 5.91 Å². The standard InChI is InChI=1S/C23H22N6O2/c1-17-8-9-22(29-24-10-11-25-29)20(14-17)23(30)28-13-5-12-27(28)16-19-15-21(26-31-19)18-6-3-2-4-7-18/h2-4,6-11,14-15H,5,12-13,16H2,1H3. The summed E-state index contributed by atoms with van der Waals surface area (Å²) in [4.78, 5) is 15.0. The number of hydrogen-bond acceptors (Lipinski definition) is 6. The van der Waals surface area contributed by atoms with Gasteiger partial charge in [-0.15, -0.1) is 0 Å². The van der Waals surface area contributed by atoms with E-state index in [9.17, 15) is 4.79 Å². The van der Waals surface area contributed by atoms with Crippen molar-refractivity contribution in [2.24, 2.45) is 0 Å². The Balaban J connectivity index is 1.38. The summed E-state index contributed by atoms with van der Waals surface area (Å²) >= 11 is 0. The number of hydrogen-bond donors (Lipinski definition) is 0. The van der Waals surface area contributed by atoms with E-state index in [0.29, 0.717) is 24.3 Å². The molecule has 5 rings (SSSR count). The highest BCUT2D eigenvalue weighted by atomic mass is 16.5. The van der Waals surface area contributed by atoms with E-state index < -0.39 is 0 Å². The van der Waals surface area contributed by atoms with Gasteiger partial charge >= 0.3 is 0 Å². The van der Waals surface area contributed by atoms with Crippen molar-refractivity contribution in [3.05, 3.63) is 83.9 Å². The Kier molecular flexibility index (Phi) is 5.05. The molecule has 1 amide bonds. The van der Waals surface area contributed by atoms with Crippen LogP contribution in [0.5, 0.6) is 0 Å². The zero-order chi connectivity index (χ0) is 21.2. The quantitative estimate of drug-likeness (QED) is 0.497. The number of rotatable bonds is 5. The first kappa shape index (κ1) is 19.2. The van der Waals surface area contributed by atoms with Gasteiger partial charge in [-0.25, -0.2) is 5.01 Å². The lowest BCUT2D eigenvalue weighted by molar-refractivity contribution is 0.0131. The minimum Gasteiger partial charge on any atom is -0.359 e. The lowest BCUT2D eigenvalue weighted by Gasteiger charge is -2.27. The van der Waals surface area contributed by atoms with Crippen LogP contribution in [0.1, 0.15) is 28.1 Å². The maximum Gasteiger partial charge on any atom is 0.270 e. The van der Waals surface area contributed by atoms with Gasteiger partial charge in [-0.3, -0.25) is 9.80 Å². The number of aromatic nitrogens is 4. The van der Waals surface area contributed by atoms with Crippen molar-refractivity contribution in [3.8, 4) is 16.9 Å². The molecule has 8 nitrogen and oxygen atoms in total. The fourth-order valence-corrected chi connectivity index (χ4v) is 3.85. The Morgan fingerprint density at radius 3 is 2.65 bits per heavy atom. The van der Waals surface area contributed by atoms with Crippen LogP contribution < -0.4 is 0 Å². The smallest absolute Gasteiger partial charge is 0.270 e. The van der Waals surface area contributed by atoms with Gasteiger partial charge in [0.1, 0.15) is 5.69 Å². The number of carbonyl (C=O) groups excluding carboxylic acids is 1. The molecule has 1 saturated heterocycles. The fourth-order valence-electron chi connectivity index (χ4n) is 3.85. The monoisotopic (exact) mass is 414 g/mol. The third-order valence-corrected chi connectivity index (χ3v) is 5.35. The lowest BCUT2D eigenvalue weighted by atomic mass is 10.1. The van der Waals surface area contributed by atoms with E-state index in [-0.39, 0.29) is 5.91 Å². The van der Waals surface area contributed by atoms with E-state index in [4.69, 9.17) is 4.52 Å². The lowest BCUT2D eigenvalue weighted by Crippen LogP contribution is -2.41. The van der Waals surface area contributed by atoms with Gasteiger partial charge in [-0.1, -0.05) is 47.1 Å². The van der Waals surface area contributed by atoms with Crippen molar-refractivity contribution in [2.45, 2.75) is 19.9 Å². The van der Waals surface area contributed by atoms with Gasteiger partial charge in [0, 0.05) is 24.7 Å². The van der Waals surface area contributed by atoms with Gasteiger partial charge in [-0.05, 0) is 25.5 Å². The highest BCUT2D eigenvalue weighted by molar-refractivity contribution is 5.97. The van der Waals surface area contributed by atoms with Gasteiger partial charge < -0.3 is 4.52 Å². The third kappa shape index (κ3) is 3.85. The number of carbonyl (C=O) groups is 1. The van der Waals surface area contributed by atoms with Crippen LogP contribution in [0.4, 0.5) is 0 Å². The molecule has 0 saturated carbocycles. The molecule has 0 radical (unpaired) electrons. The van der Waals surface area contributed by atoms with E-state index in [1.165, 1.54) is 4.80 Å². The number of nitrogens with zero attached hydrogens (tertiary/aromatic N) is 6. The number of amides is 1. The molecule has 1 aliphatic rings. The summed E-state index contributed by atoms with van der Waals surface area (Å²) in [5, 5.41) is 16.4. The first-order chi connectivity index (χ1) is 15.2. The van der Waals surface area contributed by atoms with Crippen LogP contribution in [0.25, 0.3) is 16.9 Å². The minimum atomic E-state index is -0.0729. The Morgan fingerprint density at radius 1 is 1.03 bits per heavy atom. The number of hydrazine groups is 1. The highest BCUT2D eigenvalue weighted by Crippen LogP contribution is 2.24. The molecular weight excluding hydrogens is 392 g/mol. The number of aryl methyl sites for hydroxylation is 1. The largest absolute Gasteiger partial charge is 0.359 e. The molecule has 2 aromatic carbocycles. The van der Waals surface area contributed by atoms with Crippen LogP contribution in [-0.2, 0) is 6.54 Å². The Hall–Kier alpha value is -3.78. The highest BCUT2D eigenvalue weighted by Gasteiger charge is 2.30. The molecule has 0 N–H and O–H groups in total. The molecule has 0 bridgehead atoms. The predicted molar refractivity (Wildman–Crippen MR) is 114 cm³/mol. The summed E-state index contributed by atoms with van der Waals surface area (Å²) in [6.07, 6.45) is 4.10. The van der Waals surface area contributed by atoms with Crippen LogP contribution in [0, 0.1) is 6.92 Å². The van der Waals surface area contributed by atoms with Crippen LogP contribution in [0.15, 0.2) is 71.5 Å². The zero-order valence-electron chi connectivity index (χ0n) is 17.2. The topological polar surface area (TPSA) is 80.3 Å². The third-order valence-electron chi connectivity index (χ3n) is 5.35. The maximum atomic E-state index is 13.5. The maximum absolute atomic E-state index is 13.5. The molecule has 0 spiro atoms. The second-order valence-electron chi connectivity index (χ2n) is 7.55. The van der Waals surface area contributed by atoms with E-state index in [0.717, 1.165) is 35.5 Å². The average Bonchev–Trinajstić information content (AvgIpc) is 3.56. The van der Waals surface area contributed by atoms with Gasteiger partial charge in [0.05, 0.1) is 30.2 Å². The number of benzene rings is 2. The summed E-state index contributed by atoms with van der Waals surface area (Å²) in [7, 11) is 0. The van der Waals surface area contributed by atoms with Crippen LogP contribution in [0.2, 0.25) is 0 Å². The summed E-state index contributed by atoms with van der Waals surface area (Å²) < 4.78 is 5.56. The molecule has 156 valence electrons. The van der Waals surface area contributed by atoms with Crippen molar-refractivity contribution in [2.75, 3.05) is 13.1 Å². The summed E-state index contributed by atoms with van der Waals surface area (Å²) in [6, 6.07) is 17.6. The zero-order valence-corrected chi connectivity index (χ0v) is 17.2. The minimum absolute atomic E-state index is 0.0729. The Morgan fingerprint density at radius 2 is 1.84 bits per heavy atom. The average molecular weight is 414 g/mol. The normalized spacial score (nSPS) is 14.3. The van der Waals surface area contributed by atoms with Gasteiger partial charge in [-0.2, -0.15) is 15.0 Å². The second kappa shape index (κ2) is 8.16. The predicted octanol–water partition coefficient (Wildman–Crippen LogP) is 3.49. The summed E-state index contributed by atoms with van der Waals surface area (Å²) in [5.74, 6) is 0.646. The van der Waals surface area contributed by atoms with Gasteiger partial charge in [0.15, 0.2) is 5.76 Å². The fraction of sp³-hybridized carbons (Fsp3) is 0.217. The molecular formula is C23H22N6O2. The molecule has 0 unspecified atom stereocenters. The summed E-state index contributed by atoms with van der Waals surface area (Å²) in [6.45, 7) is 3.87. The first-order valence-electron chi connectivity index (χ1n) is 10.2. The van der Waals surface area contributed by atoms with E-state index >= 15 is 0 Å². The molecule has 4 aromatic rings. The Bertz CT molecular complexity index is 1190. The molecule has 1 fully saturated rings. The second-order valence-corrected chi connectivity index (χ2v) is 7.55. The Labute approximate surface area is 179 Å². The van der Waals surface area contributed by atoms with E-state index in [2.05, 4.69) is 15.4 Å². The van der Waals surface area contributed by atoms with Crippen molar-refractivity contribution in [1.82, 2.24) is 30.2 Å². The summed E-state index contributed by atoms with van der Waals surface area (Å²) in [5.41, 5.74) is 4.04. The molecule has 0 atom stereocenters. The van der Waals surface area contributed by atoms with Crippen molar-refractivity contribution < 1.29 is 9.32 Å². The molecule has 8 heteroatoms. The van der Waals surface area contributed by atoms with Crippen molar-refractivity contribution in [3.63, 3.8) is 0 Å². The van der Waals surface area contributed by atoms with Crippen LogP contribution in [0.3, 0.4) is 0 Å². The molecule has 3 heterocycles. The van der Waals surface area contributed by atoms with Crippen LogP contribution in [-0.4, -0.2) is 49.2 Å². The van der Waals surface area contributed by atoms with Crippen LogP contribution >= 0.6 is 0 Å². The molecule has 1 aliphatic heterocycles. The van der Waals surface area contributed by atoms with E-state index in [1.807, 2.05) is 66.5 Å². The molecule has 0 aliphatic carbocycles.